The fraction of sp³-hybridized carbons (Fsp3) is 0.444. The van der Waals surface area contributed by atoms with Crippen molar-refractivity contribution in [3.63, 3.8) is 0 Å². The van der Waals surface area contributed by atoms with Gasteiger partial charge in [-0.2, -0.15) is 0 Å². The molecular formula is C9H12FNO. The van der Waals surface area contributed by atoms with Crippen LogP contribution in [-0.4, -0.2) is 12.1 Å². The molecule has 1 heterocycles. The predicted octanol–water partition coefficient (Wildman–Crippen LogP) is 2.35. The minimum absolute atomic E-state index is 0.225. The van der Waals surface area contributed by atoms with Crippen molar-refractivity contribution >= 4 is 0 Å². The first-order valence-electron chi connectivity index (χ1n) is 3.84. The van der Waals surface area contributed by atoms with Crippen LogP contribution in [0, 0.1) is 5.82 Å². The number of hydrogen-bond donors (Lipinski definition) is 0. The minimum atomic E-state index is -0.399. The summed E-state index contributed by atoms with van der Waals surface area (Å²) >= 11 is 0. The van der Waals surface area contributed by atoms with Gasteiger partial charge in [-0.1, -0.05) is 13.8 Å². The van der Waals surface area contributed by atoms with Crippen LogP contribution in [0.3, 0.4) is 0 Å². The molecule has 1 aromatic heterocycles. The maximum atomic E-state index is 13.0. The van der Waals surface area contributed by atoms with Crippen LogP contribution < -0.4 is 4.74 Å². The van der Waals surface area contributed by atoms with Gasteiger partial charge in [-0.25, -0.2) is 4.39 Å². The lowest BCUT2D eigenvalue weighted by Gasteiger charge is -2.10. The monoisotopic (exact) mass is 169 g/mol. The number of rotatable bonds is 2. The molecule has 0 aromatic carbocycles. The molecule has 1 rings (SSSR count). The minimum Gasteiger partial charge on any atom is -0.493 e. The first-order chi connectivity index (χ1) is 5.66. The van der Waals surface area contributed by atoms with Crippen molar-refractivity contribution in [2.45, 2.75) is 19.8 Å². The number of nitrogens with zero attached hydrogens (tertiary/aromatic N) is 1. The molecule has 12 heavy (non-hydrogen) atoms. The van der Waals surface area contributed by atoms with E-state index >= 15 is 0 Å². The molecule has 3 heteroatoms. The van der Waals surface area contributed by atoms with E-state index in [0.717, 1.165) is 11.8 Å². The molecule has 0 unspecified atom stereocenters. The van der Waals surface area contributed by atoms with Gasteiger partial charge in [0.1, 0.15) is 0 Å². The second kappa shape index (κ2) is 3.52. The van der Waals surface area contributed by atoms with E-state index in [4.69, 9.17) is 4.74 Å². The van der Waals surface area contributed by atoms with Crippen LogP contribution >= 0.6 is 0 Å². The Bertz CT molecular complexity index is 273. The van der Waals surface area contributed by atoms with Crippen molar-refractivity contribution in [1.29, 1.82) is 0 Å². The third kappa shape index (κ3) is 1.55. The van der Waals surface area contributed by atoms with Gasteiger partial charge in [0.2, 0.25) is 0 Å². The highest BCUT2D eigenvalue weighted by Gasteiger charge is 2.11. The summed E-state index contributed by atoms with van der Waals surface area (Å²) < 4.78 is 17.9. The van der Waals surface area contributed by atoms with Crippen molar-refractivity contribution in [1.82, 2.24) is 4.98 Å². The van der Waals surface area contributed by atoms with Crippen LogP contribution in [0.5, 0.6) is 5.75 Å². The first-order valence-corrected chi connectivity index (χ1v) is 3.84. The first kappa shape index (κ1) is 8.97. The Hall–Kier alpha value is -1.12. The molecule has 0 N–H and O–H groups in total. The molecule has 2 nitrogen and oxygen atoms in total. The van der Waals surface area contributed by atoms with Crippen molar-refractivity contribution < 1.29 is 9.13 Å². The number of ether oxygens (including phenoxy) is 1. The predicted molar refractivity (Wildman–Crippen MR) is 44.8 cm³/mol. The molecule has 0 aliphatic rings. The van der Waals surface area contributed by atoms with E-state index in [1.165, 1.54) is 7.11 Å². The number of pyridine rings is 1. The third-order valence-corrected chi connectivity index (χ3v) is 1.71. The molecule has 0 spiro atoms. The van der Waals surface area contributed by atoms with Gasteiger partial charge in [0.15, 0.2) is 11.6 Å². The zero-order valence-electron chi connectivity index (χ0n) is 7.47. The highest BCUT2D eigenvalue weighted by atomic mass is 19.1. The van der Waals surface area contributed by atoms with Crippen molar-refractivity contribution in [3.05, 3.63) is 23.8 Å². The van der Waals surface area contributed by atoms with E-state index in [9.17, 15) is 4.39 Å². The average molecular weight is 169 g/mol. The molecule has 0 saturated carbocycles. The zero-order chi connectivity index (χ0) is 9.14. The fourth-order valence-electron chi connectivity index (χ4n) is 1.06. The lowest BCUT2D eigenvalue weighted by Crippen LogP contribution is -1.98. The van der Waals surface area contributed by atoms with Crippen LogP contribution in [0.25, 0.3) is 0 Å². The smallest absolute Gasteiger partial charge is 0.183 e. The van der Waals surface area contributed by atoms with E-state index < -0.39 is 5.82 Å². The molecule has 0 atom stereocenters. The molecule has 0 aliphatic carbocycles. The summed E-state index contributed by atoms with van der Waals surface area (Å²) in [4.78, 5) is 3.76. The maximum Gasteiger partial charge on any atom is 0.183 e. The Morgan fingerprint density at radius 2 is 2.08 bits per heavy atom. The van der Waals surface area contributed by atoms with Gasteiger partial charge in [0.05, 0.1) is 13.3 Å². The van der Waals surface area contributed by atoms with Crippen molar-refractivity contribution in [2.24, 2.45) is 0 Å². The highest BCUT2D eigenvalue weighted by molar-refractivity contribution is 5.33. The molecule has 0 bridgehead atoms. The van der Waals surface area contributed by atoms with Gasteiger partial charge in [-0.15, -0.1) is 0 Å². The normalized spacial score (nSPS) is 10.4. The molecule has 1 aromatic rings. The lowest BCUT2D eigenvalue weighted by atomic mass is 10.0. The highest BCUT2D eigenvalue weighted by Crippen LogP contribution is 2.27. The van der Waals surface area contributed by atoms with E-state index in [-0.39, 0.29) is 5.92 Å². The molecule has 0 radical (unpaired) electrons. The maximum absolute atomic E-state index is 13.0. The quantitative estimate of drug-likeness (QED) is 0.678. The lowest BCUT2D eigenvalue weighted by molar-refractivity contribution is 0.377. The summed E-state index contributed by atoms with van der Waals surface area (Å²) in [6.07, 6.45) is 2.79. The van der Waals surface area contributed by atoms with Crippen LogP contribution in [0.15, 0.2) is 12.4 Å². The molecule has 0 aliphatic heterocycles. The molecule has 0 amide bonds. The second-order valence-electron chi connectivity index (χ2n) is 2.90. The van der Waals surface area contributed by atoms with Crippen LogP contribution in [0.1, 0.15) is 25.3 Å². The summed E-state index contributed by atoms with van der Waals surface area (Å²) in [7, 11) is 1.46. The van der Waals surface area contributed by atoms with Gasteiger partial charge in [-0.3, -0.25) is 4.98 Å². The standard InChI is InChI=1S/C9H12FNO/c1-6(2)7-4-11-5-8(10)9(7)12-3/h4-6H,1-3H3. The number of halogens is 1. The Labute approximate surface area is 71.4 Å². The van der Waals surface area contributed by atoms with Gasteiger partial charge in [-0.05, 0) is 5.92 Å². The summed E-state index contributed by atoms with van der Waals surface area (Å²) in [6.45, 7) is 3.94. The fourth-order valence-corrected chi connectivity index (χ4v) is 1.06. The van der Waals surface area contributed by atoms with Gasteiger partial charge >= 0.3 is 0 Å². The van der Waals surface area contributed by atoms with Crippen molar-refractivity contribution in [3.8, 4) is 5.75 Å². The van der Waals surface area contributed by atoms with Crippen LogP contribution in [0.2, 0.25) is 0 Å². The molecule has 0 saturated heterocycles. The number of hydrogen-bond acceptors (Lipinski definition) is 2. The summed E-state index contributed by atoms with van der Waals surface area (Å²) in [5, 5.41) is 0. The third-order valence-electron chi connectivity index (χ3n) is 1.71. The Morgan fingerprint density at radius 1 is 1.42 bits per heavy atom. The number of aromatic nitrogens is 1. The molecule has 0 fully saturated rings. The van der Waals surface area contributed by atoms with Gasteiger partial charge in [0, 0.05) is 11.8 Å². The zero-order valence-corrected chi connectivity index (χ0v) is 7.47. The largest absolute Gasteiger partial charge is 0.493 e. The van der Waals surface area contributed by atoms with E-state index in [2.05, 4.69) is 4.98 Å². The van der Waals surface area contributed by atoms with E-state index in [1.807, 2.05) is 13.8 Å². The number of methoxy groups -OCH3 is 1. The van der Waals surface area contributed by atoms with E-state index in [1.54, 1.807) is 6.20 Å². The SMILES string of the molecule is COc1c(F)cncc1C(C)C. The van der Waals surface area contributed by atoms with Gasteiger partial charge < -0.3 is 4.74 Å². The average Bonchev–Trinajstić information content (AvgIpc) is 2.03. The summed E-state index contributed by atoms with van der Waals surface area (Å²) in [5.41, 5.74) is 0.803. The van der Waals surface area contributed by atoms with Crippen molar-refractivity contribution in [2.75, 3.05) is 7.11 Å². The Kier molecular flexibility index (Phi) is 2.63. The Morgan fingerprint density at radius 3 is 2.50 bits per heavy atom. The summed E-state index contributed by atoms with van der Waals surface area (Å²) in [6, 6.07) is 0. The second-order valence-corrected chi connectivity index (χ2v) is 2.90. The topological polar surface area (TPSA) is 22.1 Å². The van der Waals surface area contributed by atoms with Gasteiger partial charge in [0.25, 0.3) is 0 Å². The van der Waals surface area contributed by atoms with Crippen LogP contribution in [0.4, 0.5) is 4.39 Å². The Balaban J connectivity index is 3.18. The summed E-state index contributed by atoms with van der Waals surface area (Å²) in [5.74, 6) is 0.131. The molecule has 66 valence electrons. The molecular weight excluding hydrogens is 157 g/mol. The van der Waals surface area contributed by atoms with E-state index in [0.29, 0.717) is 5.75 Å². The van der Waals surface area contributed by atoms with Crippen LogP contribution in [-0.2, 0) is 0 Å².